The van der Waals surface area contributed by atoms with Crippen molar-refractivity contribution in [3.05, 3.63) is 18.2 Å². The molecule has 0 aliphatic rings. The molecule has 4 heteroatoms. The Morgan fingerprint density at radius 3 is 2.60 bits per heavy atom. The maximum atomic E-state index is 5.75. The van der Waals surface area contributed by atoms with Gasteiger partial charge in [0, 0.05) is 12.2 Å². The van der Waals surface area contributed by atoms with Gasteiger partial charge in [-0.05, 0) is 38.7 Å². The molecule has 4 nitrogen and oxygen atoms in total. The summed E-state index contributed by atoms with van der Waals surface area (Å²) in [5.41, 5.74) is 12.6. The normalized spacial score (nSPS) is 10.6. The van der Waals surface area contributed by atoms with Crippen molar-refractivity contribution in [3.63, 3.8) is 0 Å². The number of rotatable bonds is 5. The first-order chi connectivity index (χ1) is 7.09. The Labute approximate surface area is 90.8 Å². The third-order valence-electron chi connectivity index (χ3n) is 2.04. The second-order valence-corrected chi connectivity index (χ2v) is 3.80. The second kappa shape index (κ2) is 5.46. The molecule has 0 heterocycles. The maximum absolute atomic E-state index is 5.75. The van der Waals surface area contributed by atoms with Gasteiger partial charge in [0.05, 0.1) is 12.3 Å². The fourth-order valence-corrected chi connectivity index (χ4v) is 1.26. The summed E-state index contributed by atoms with van der Waals surface area (Å²) in [6.07, 6.45) is 0.983. The van der Waals surface area contributed by atoms with E-state index in [1.165, 1.54) is 0 Å². The van der Waals surface area contributed by atoms with E-state index in [2.05, 4.69) is 4.90 Å². The van der Waals surface area contributed by atoms with Gasteiger partial charge in [-0.25, -0.2) is 0 Å². The molecule has 0 saturated heterocycles. The quantitative estimate of drug-likeness (QED) is 0.564. The molecule has 4 N–H and O–H groups in total. The number of nitrogens with two attached hydrogens (primary N) is 2. The monoisotopic (exact) mass is 209 g/mol. The molecule has 84 valence electrons. The van der Waals surface area contributed by atoms with Crippen LogP contribution in [-0.2, 0) is 0 Å². The van der Waals surface area contributed by atoms with Crippen LogP contribution in [0.15, 0.2) is 18.2 Å². The van der Waals surface area contributed by atoms with Crippen LogP contribution < -0.4 is 16.2 Å². The van der Waals surface area contributed by atoms with Gasteiger partial charge in [-0.1, -0.05) is 0 Å². The average molecular weight is 209 g/mol. The summed E-state index contributed by atoms with van der Waals surface area (Å²) in [6, 6.07) is 5.30. The Balaban J connectivity index is 2.37. The lowest BCUT2D eigenvalue weighted by atomic mass is 10.2. The summed E-state index contributed by atoms with van der Waals surface area (Å²) >= 11 is 0. The molecule has 0 atom stereocenters. The van der Waals surface area contributed by atoms with Crippen LogP contribution in [0.5, 0.6) is 5.75 Å². The number of hydrogen-bond acceptors (Lipinski definition) is 4. The van der Waals surface area contributed by atoms with Crippen molar-refractivity contribution in [1.29, 1.82) is 0 Å². The van der Waals surface area contributed by atoms with E-state index in [-0.39, 0.29) is 0 Å². The Morgan fingerprint density at radius 1 is 1.27 bits per heavy atom. The molecular formula is C11H19N3O. The van der Waals surface area contributed by atoms with Crippen LogP contribution in [0.2, 0.25) is 0 Å². The van der Waals surface area contributed by atoms with Gasteiger partial charge in [0.1, 0.15) is 5.75 Å². The van der Waals surface area contributed by atoms with E-state index in [1.807, 2.05) is 14.1 Å². The minimum Gasteiger partial charge on any atom is -0.491 e. The molecule has 15 heavy (non-hydrogen) atoms. The molecule has 0 bridgehead atoms. The molecule has 0 aliphatic carbocycles. The lowest BCUT2D eigenvalue weighted by molar-refractivity contribution is 0.283. The molecule has 0 radical (unpaired) electrons. The molecule has 0 spiro atoms. The first kappa shape index (κ1) is 11.7. The molecular weight excluding hydrogens is 190 g/mol. The van der Waals surface area contributed by atoms with Gasteiger partial charge < -0.3 is 21.1 Å². The molecule has 1 rings (SSSR count). The van der Waals surface area contributed by atoms with Crippen molar-refractivity contribution in [2.24, 2.45) is 0 Å². The number of benzene rings is 1. The van der Waals surface area contributed by atoms with Crippen molar-refractivity contribution >= 4 is 11.4 Å². The fraction of sp³-hybridized carbons (Fsp3) is 0.455. The second-order valence-electron chi connectivity index (χ2n) is 3.80. The lowest BCUT2D eigenvalue weighted by Gasteiger charge is -2.11. The van der Waals surface area contributed by atoms with Crippen molar-refractivity contribution in [2.75, 3.05) is 38.7 Å². The van der Waals surface area contributed by atoms with Crippen molar-refractivity contribution in [2.45, 2.75) is 6.42 Å². The van der Waals surface area contributed by atoms with Gasteiger partial charge in [-0.2, -0.15) is 0 Å². The summed E-state index contributed by atoms with van der Waals surface area (Å²) in [5.74, 6) is 0.711. The van der Waals surface area contributed by atoms with E-state index in [0.29, 0.717) is 23.7 Å². The third-order valence-corrected chi connectivity index (χ3v) is 2.04. The highest BCUT2D eigenvalue weighted by Crippen LogP contribution is 2.23. The zero-order valence-electron chi connectivity index (χ0n) is 9.36. The molecule has 0 saturated carbocycles. The smallest absolute Gasteiger partial charge is 0.142 e. The minimum absolute atomic E-state index is 0.597. The highest BCUT2D eigenvalue weighted by atomic mass is 16.5. The first-order valence-corrected chi connectivity index (χ1v) is 5.02. The molecule has 0 aliphatic heterocycles. The van der Waals surface area contributed by atoms with Crippen LogP contribution in [0.1, 0.15) is 6.42 Å². The van der Waals surface area contributed by atoms with E-state index in [9.17, 15) is 0 Å². The SMILES string of the molecule is CN(C)CCCOc1ccc(N)cc1N. The van der Waals surface area contributed by atoms with Gasteiger partial charge in [-0.3, -0.25) is 0 Å². The Morgan fingerprint density at radius 2 is 2.00 bits per heavy atom. The van der Waals surface area contributed by atoms with E-state index in [1.54, 1.807) is 18.2 Å². The van der Waals surface area contributed by atoms with Gasteiger partial charge >= 0.3 is 0 Å². The highest BCUT2D eigenvalue weighted by Gasteiger charge is 2.00. The topological polar surface area (TPSA) is 64.5 Å². The van der Waals surface area contributed by atoms with Crippen LogP contribution >= 0.6 is 0 Å². The number of anilines is 2. The van der Waals surface area contributed by atoms with E-state index in [4.69, 9.17) is 16.2 Å². The maximum Gasteiger partial charge on any atom is 0.142 e. The van der Waals surface area contributed by atoms with Gasteiger partial charge in [0.25, 0.3) is 0 Å². The van der Waals surface area contributed by atoms with Crippen molar-refractivity contribution < 1.29 is 4.74 Å². The molecule has 1 aromatic carbocycles. The van der Waals surface area contributed by atoms with Gasteiger partial charge in [0.2, 0.25) is 0 Å². The largest absolute Gasteiger partial charge is 0.491 e. The molecule has 0 aromatic heterocycles. The van der Waals surface area contributed by atoms with E-state index >= 15 is 0 Å². The molecule has 1 aromatic rings. The van der Waals surface area contributed by atoms with Crippen LogP contribution in [0.3, 0.4) is 0 Å². The minimum atomic E-state index is 0.597. The summed E-state index contributed by atoms with van der Waals surface area (Å²) in [7, 11) is 4.08. The number of nitrogen functional groups attached to an aromatic ring is 2. The molecule has 0 unspecified atom stereocenters. The summed E-state index contributed by atoms with van der Waals surface area (Å²) in [5, 5.41) is 0. The number of hydrogen-bond donors (Lipinski definition) is 2. The van der Waals surface area contributed by atoms with Crippen molar-refractivity contribution in [1.82, 2.24) is 4.90 Å². The lowest BCUT2D eigenvalue weighted by Crippen LogP contribution is -2.15. The fourth-order valence-electron chi connectivity index (χ4n) is 1.26. The Bertz CT molecular complexity index is 313. The van der Waals surface area contributed by atoms with Gasteiger partial charge in [-0.15, -0.1) is 0 Å². The predicted octanol–water partition coefficient (Wildman–Crippen LogP) is 1.18. The number of ether oxygens (including phenoxy) is 1. The zero-order chi connectivity index (χ0) is 11.3. The highest BCUT2D eigenvalue weighted by molar-refractivity contribution is 5.60. The zero-order valence-corrected chi connectivity index (χ0v) is 9.36. The average Bonchev–Trinajstić information content (AvgIpc) is 2.14. The Hall–Kier alpha value is -1.42. The predicted molar refractivity (Wildman–Crippen MR) is 63.9 cm³/mol. The summed E-state index contributed by atoms with van der Waals surface area (Å²) < 4.78 is 5.53. The number of nitrogens with zero attached hydrogens (tertiary/aromatic N) is 1. The Kier molecular flexibility index (Phi) is 4.24. The summed E-state index contributed by atoms with van der Waals surface area (Å²) in [4.78, 5) is 2.12. The van der Waals surface area contributed by atoms with E-state index in [0.717, 1.165) is 13.0 Å². The van der Waals surface area contributed by atoms with Crippen LogP contribution in [0, 0.1) is 0 Å². The van der Waals surface area contributed by atoms with Crippen LogP contribution in [-0.4, -0.2) is 32.1 Å². The molecule has 0 fully saturated rings. The first-order valence-electron chi connectivity index (χ1n) is 5.02. The summed E-state index contributed by atoms with van der Waals surface area (Å²) in [6.45, 7) is 1.68. The standard InChI is InChI=1S/C11H19N3O/c1-14(2)6-3-7-15-11-5-4-9(12)8-10(11)13/h4-5,8H,3,6-7,12-13H2,1-2H3. The van der Waals surface area contributed by atoms with Crippen LogP contribution in [0.25, 0.3) is 0 Å². The third kappa shape index (κ3) is 4.08. The van der Waals surface area contributed by atoms with Crippen molar-refractivity contribution in [3.8, 4) is 5.75 Å². The van der Waals surface area contributed by atoms with E-state index < -0.39 is 0 Å². The van der Waals surface area contributed by atoms with Crippen LogP contribution in [0.4, 0.5) is 11.4 Å². The van der Waals surface area contributed by atoms with Gasteiger partial charge in [0.15, 0.2) is 0 Å². The molecule has 0 amide bonds.